The second kappa shape index (κ2) is 5.33. The van der Waals surface area contributed by atoms with Crippen molar-refractivity contribution < 1.29 is 4.74 Å². The molecule has 0 radical (unpaired) electrons. The predicted molar refractivity (Wildman–Crippen MR) is 87.1 cm³/mol. The van der Waals surface area contributed by atoms with Crippen LogP contribution in [0.15, 0.2) is 42.0 Å². The minimum Gasteiger partial charge on any atom is -0.496 e. The topological polar surface area (TPSA) is 47.0 Å². The summed E-state index contributed by atoms with van der Waals surface area (Å²) in [5, 5.41) is 8.60. The number of rotatable bonds is 4. The number of hydrogen-bond donors (Lipinski definition) is 1. The summed E-state index contributed by atoms with van der Waals surface area (Å²) in [7, 11) is 1.68. The van der Waals surface area contributed by atoms with Crippen LogP contribution in [0.1, 0.15) is 18.9 Å². The smallest absolute Gasteiger partial charge is 0.134 e. The number of methoxy groups -OCH3 is 1. The Morgan fingerprint density at radius 1 is 1.10 bits per heavy atom. The molecule has 0 aliphatic heterocycles. The molecule has 2 heterocycles. The summed E-state index contributed by atoms with van der Waals surface area (Å²) in [6.45, 7) is 4.21. The molecule has 0 unspecified atom stereocenters. The molecular formula is C16H17N3OS. The van der Waals surface area contributed by atoms with E-state index < -0.39 is 0 Å². The molecule has 1 N–H and O–H groups in total. The lowest BCUT2D eigenvalue weighted by Gasteiger charge is -2.25. The number of anilines is 1. The fourth-order valence-corrected chi connectivity index (χ4v) is 3.06. The van der Waals surface area contributed by atoms with E-state index in [1.807, 2.05) is 35.8 Å². The molecule has 0 spiro atoms. The van der Waals surface area contributed by atoms with Gasteiger partial charge in [-0.1, -0.05) is 12.1 Å². The zero-order valence-corrected chi connectivity index (χ0v) is 13.1. The predicted octanol–water partition coefficient (Wildman–Crippen LogP) is 4.05. The van der Waals surface area contributed by atoms with Gasteiger partial charge >= 0.3 is 0 Å². The summed E-state index contributed by atoms with van der Waals surface area (Å²) < 4.78 is 5.42. The Labute approximate surface area is 127 Å². The van der Waals surface area contributed by atoms with Gasteiger partial charge in [-0.3, -0.25) is 0 Å². The lowest BCUT2D eigenvalue weighted by atomic mass is 10.1. The first-order valence-corrected chi connectivity index (χ1v) is 7.59. The van der Waals surface area contributed by atoms with Crippen LogP contribution in [-0.2, 0) is 5.54 Å². The molecule has 0 saturated carbocycles. The minimum atomic E-state index is -0.279. The van der Waals surface area contributed by atoms with Crippen LogP contribution >= 0.6 is 11.3 Å². The maximum Gasteiger partial charge on any atom is 0.134 e. The standard InChI is InChI=1S/C16H17N3OS/c1-16(2,15-18-9-10-21-15)19-14-12-5-4-6-13(20-3)11(12)7-8-17-14/h4-10H,1-3H3,(H,17,19). The number of nitrogens with zero attached hydrogens (tertiary/aromatic N) is 2. The normalized spacial score (nSPS) is 11.6. The first kappa shape index (κ1) is 13.8. The summed E-state index contributed by atoms with van der Waals surface area (Å²) >= 11 is 1.64. The van der Waals surface area contributed by atoms with Gasteiger partial charge in [-0.05, 0) is 26.0 Å². The summed E-state index contributed by atoms with van der Waals surface area (Å²) in [6, 6.07) is 7.95. The Balaban J connectivity index is 2.05. The third-order valence-corrected chi connectivity index (χ3v) is 4.48. The Bertz CT molecular complexity index is 753. The number of pyridine rings is 1. The van der Waals surface area contributed by atoms with E-state index in [0.29, 0.717) is 0 Å². The van der Waals surface area contributed by atoms with Crippen molar-refractivity contribution in [1.29, 1.82) is 0 Å². The van der Waals surface area contributed by atoms with E-state index in [1.165, 1.54) is 0 Å². The van der Waals surface area contributed by atoms with Crippen LogP contribution in [0.5, 0.6) is 5.75 Å². The van der Waals surface area contributed by atoms with E-state index in [4.69, 9.17) is 4.74 Å². The highest BCUT2D eigenvalue weighted by Crippen LogP contribution is 2.33. The molecule has 2 aromatic heterocycles. The Hall–Kier alpha value is -2.14. The van der Waals surface area contributed by atoms with Crippen molar-refractivity contribution in [2.45, 2.75) is 19.4 Å². The van der Waals surface area contributed by atoms with E-state index in [9.17, 15) is 0 Å². The average Bonchev–Trinajstić information content (AvgIpc) is 3.02. The number of ether oxygens (including phenoxy) is 1. The first-order valence-electron chi connectivity index (χ1n) is 6.72. The van der Waals surface area contributed by atoms with Crippen molar-refractivity contribution in [3.63, 3.8) is 0 Å². The van der Waals surface area contributed by atoms with Crippen molar-refractivity contribution in [2.24, 2.45) is 0 Å². The van der Waals surface area contributed by atoms with Gasteiger partial charge < -0.3 is 10.1 Å². The van der Waals surface area contributed by atoms with Gasteiger partial charge in [-0.15, -0.1) is 11.3 Å². The van der Waals surface area contributed by atoms with Crippen LogP contribution < -0.4 is 10.1 Å². The lowest BCUT2D eigenvalue weighted by molar-refractivity contribution is 0.420. The molecule has 5 heteroatoms. The summed E-state index contributed by atoms with van der Waals surface area (Å²) in [5.41, 5.74) is -0.279. The lowest BCUT2D eigenvalue weighted by Crippen LogP contribution is -2.28. The highest BCUT2D eigenvalue weighted by molar-refractivity contribution is 7.09. The van der Waals surface area contributed by atoms with Gasteiger partial charge in [0.15, 0.2) is 0 Å². The molecule has 4 nitrogen and oxygen atoms in total. The van der Waals surface area contributed by atoms with Crippen LogP contribution in [0.25, 0.3) is 10.8 Å². The molecule has 0 aliphatic carbocycles. The molecule has 0 fully saturated rings. The number of aromatic nitrogens is 2. The van der Waals surface area contributed by atoms with Gasteiger partial charge in [-0.2, -0.15) is 0 Å². The second-order valence-corrected chi connectivity index (χ2v) is 6.20. The minimum absolute atomic E-state index is 0.279. The fourth-order valence-electron chi connectivity index (χ4n) is 2.34. The van der Waals surface area contributed by atoms with E-state index in [2.05, 4.69) is 29.1 Å². The molecule has 0 amide bonds. The van der Waals surface area contributed by atoms with Crippen LogP contribution in [0.4, 0.5) is 5.82 Å². The quantitative estimate of drug-likeness (QED) is 0.789. The van der Waals surface area contributed by atoms with E-state index in [-0.39, 0.29) is 5.54 Å². The van der Waals surface area contributed by atoms with E-state index >= 15 is 0 Å². The third-order valence-electron chi connectivity index (χ3n) is 3.38. The fraction of sp³-hybridized carbons (Fsp3) is 0.250. The van der Waals surface area contributed by atoms with Gasteiger partial charge in [-0.25, -0.2) is 9.97 Å². The zero-order chi connectivity index (χ0) is 14.9. The molecule has 0 saturated heterocycles. The van der Waals surface area contributed by atoms with Gasteiger partial charge in [0, 0.05) is 28.5 Å². The van der Waals surface area contributed by atoms with Gasteiger partial charge in [0.05, 0.1) is 12.6 Å². The number of nitrogens with one attached hydrogen (secondary N) is 1. The van der Waals surface area contributed by atoms with Gasteiger partial charge in [0.25, 0.3) is 0 Å². The van der Waals surface area contributed by atoms with Crippen molar-refractivity contribution in [2.75, 3.05) is 12.4 Å². The Morgan fingerprint density at radius 2 is 1.95 bits per heavy atom. The van der Waals surface area contributed by atoms with Crippen molar-refractivity contribution in [3.05, 3.63) is 47.0 Å². The average molecular weight is 299 g/mol. The monoisotopic (exact) mass is 299 g/mol. The van der Waals surface area contributed by atoms with Crippen molar-refractivity contribution in [3.8, 4) is 5.75 Å². The Morgan fingerprint density at radius 3 is 2.67 bits per heavy atom. The summed E-state index contributed by atoms with van der Waals surface area (Å²) in [6.07, 6.45) is 3.62. The highest BCUT2D eigenvalue weighted by Gasteiger charge is 2.24. The molecule has 0 atom stereocenters. The maximum absolute atomic E-state index is 5.42. The molecule has 3 aromatic rings. The van der Waals surface area contributed by atoms with Gasteiger partial charge in [0.2, 0.25) is 0 Å². The highest BCUT2D eigenvalue weighted by atomic mass is 32.1. The molecule has 3 rings (SSSR count). The summed E-state index contributed by atoms with van der Waals surface area (Å²) in [4.78, 5) is 8.89. The number of thiazole rings is 1. The molecule has 0 aliphatic rings. The van der Waals surface area contributed by atoms with E-state index in [0.717, 1.165) is 27.3 Å². The molecular weight excluding hydrogens is 282 g/mol. The second-order valence-electron chi connectivity index (χ2n) is 5.30. The SMILES string of the molecule is COc1cccc2c(NC(C)(C)c3nccs3)nccc12. The summed E-state index contributed by atoms with van der Waals surface area (Å²) in [5.74, 6) is 1.69. The molecule has 108 valence electrons. The van der Waals surface area contributed by atoms with Gasteiger partial charge in [0.1, 0.15) is 16.6 Å². The largest absolute Gasteiger partial charge is 0.496 e. The zero-order valence-electron chi connectivity index (χ0n) is 12.3. The van der Waals surface area contributed by atoms with Crippen molar-refractivity contribution in [1.82, 2.24) is 9.97 Å². The first-order chi connectivity index (χ1) is 10.1. The molecule has 21 heavy (non-hydrogen) atoms. The number of hydrogen-bond acceptors (Lipinski definition) is 5. The third kappa shape index (κ3) is 2.56. The van der Waals surface area contributed by atoms with Crippen LogP contribution in [0.2, 0.25) is 0 Å². The molecule has 0 bridgehead atoms. The number of benzene rings is 1. The Kier molecular flexibility index (Phi) is 3.51. The van der Waals surface area contributed by atoms with Crippen LogP contribution in [0.3, 0.4) is 0 Å². The van der Waals surface area contributed by atoms with Crippen molar-refractivity contribution >= 4 is 27.9 Å². The van der Waals surface area contributed by atoms with Crippen LogP contribution in [-0.4, -0.2) is 17.1 Å². The number of fused-ring (bicyclic) bond motifs is 1. The van der Waals surface area contributed by atoms with E-state index in [1.54, 1.807) is 24.6 Å². The van der Waals surface area contributed by atoms with Crippen LogP contribution in [0, 0.1) is 0 Å². The molecule has 1 aromatic carbocycles. The maximum atomic E-state index is 5.42.